The molecular weight excluding hydrogens is 320 g/mol. The van der Waals surface area contributed by atoms with Gasteiger partial charge in [0.25, 0.3) is 0 Å². The lowest BCUT2D eigenvalue weighted by molar-refractivity contribution is -0.149. The maximum Gasteiger partial charge on any atom is 0.313 e. The molecule has 1 amide bonds. The normalized spacial score (nSPS) is 26.3. The third-order valence-corrected chi connectivity index (χ3v) is 5.39. The van der Waals surface area contributed by atoms with Crippen molar-refractivity contribution < 1.29 is 19.1 Å². The second-order valence-corrected chi connectivity index (χ2v) is 6.98. The fourth-order valence-electron chi connectivity index (χ4n) is 4.21. The fraction of sp³-hybridized carbons (Fsp3) is 0.368. The summed E-state index contributed by atoms with van der Waals surface area (Å²) in [7, 11) is 0. The second-order valence-electron chi connectivity index (χ2n) is 6.98. The van der Waals surface area contributed by atoms with Crippen LogP contribution in [0.25, 0.3) is 11.0 Å². The minimum absolute atomic E-state index is 0.0740. The Labute approximate surface area is 145 Å². The molecule has 1 aromatic carbocycles. The number of amides is 1. The summed E-state index contributed by atoms with van der Waals surface area (Å²) in [4.78, 5) is 28.3. The number of rotatable bonds is 5. The van der Waals surface area contributed by atoms with Gasteiger partial charge >= 0.3 is 5.97 Å². The van der Waals surface area contributed by atoms with Crippen LogP contribution in [0.5, 0.6) is 0 Å². The highest BCUT2D eigenvalue weighted by atomic mass is 16.4. The van der Waals surface area contributed by atoms with E-state index < -0.39 is 17.3 Å². The van der Waals surface area contributed by atoms with Crippen molar-refractivity contribution in [2.75, 3.05) is 26.2 Å². The standard InChI is InChI=1S/C19H20N2O4/c1-2-6-21-12-19(18(23)24)11-20(10-15(19)17(21)22)9-13-3-4-16-14(8-13)5-7-25-16/h2-5,7-8,15H,1,6,9-12H2,(H,23,24)/t15-,19-/m0/s1. The Morgan fingerprint density at radius 3 is 2.96 bits per heavy atom. The molecule has 25 heavy (non-hydrogen) atoms. The molecule has 2 aliphatic rings. The molecule has 3 heterocycles. The first-order chi connectivity index (χ1) is 12.0. The maximum absolute atomic E-state index is 12.6. The Balaban J connectivity index is 1.55. The van der Waals surface area contributed by atoms with Crippen LogP contribution in [0.1, 0.15) is 5.56 Å². The average molecular weight is 340 g/mol. The Morgan fingerprint density at radius 2 is 2.24 bits per heavy atom. The van der Waals surface area contributed by atoms with Crippen molar-refractivity contribution in [3.8, 4) is 0 Å². The first-order valence-corrected chi connectivity index (χ1v) is 8.35. The minimum Gasteiger partial charge on any atom is -0.481 e. The van der Waals surface area contributed by atoms with E-state index in [1.807, 2.05) is 24.3 Å². The summed E-state index contributed by atoms with van der Waals surface area (Å²) < 4.78 is 5.35. The van der Waals surface area contributed by atoms with Gasteiger partial charge in [0.05, 0.1) is 12.2 Å². The van der Waals surface area contributed by atoms with Gasteiger partial charge in [-0.25, -0.2) is 0 Å². The molecule has 2 fully saturated rings. The number of likely N-dealkylation sites (tertiary alicyclic amines) is 2. The van der Waals surface area contributed by atoms with Gasteiger partial charge in [0.1, 0.15) is 11.0 Å². The molecule has 2 saturated heterocycles. The molecule has 0 bridgehead atoms. The zero-order valence-corrected chi connectivity index (χ0v) is 13.9. The van der Waals surface area contributed by atoms with E-state index in [-0.39, 0.29) is 12.5 Å². The van der Waals surface area contributed by atoms with E-state index in [2.05, 4.69) is 11.5 Å². The van der Waals surface area contributed by atoms with Crippen molar-refractivity contribution in [2.45, 2.75) is 6.54 Å². The van der Waals surface area contributed by atoms with Crippen LogP contribution >= 0.6 is 0 Å². The topological polar surface area (TPSA) is 74.0 Å². The predicted octanol–water partition coefficient (Wildman–Crippen LogP) is 1.96. The Kier molecular flexibility index (Phi) is 3.65. The van der Waals surface area contributed by atoms with Gasteiger partial charge in [0.2, 0.25) is 5.91 Å². The van der Waals surface area contributed by atoms with E-state index in [0.717, 1.165) is 16.5 Å². The van der Waals surface area contributed by atoms with Crippen molar-refractivity contribution >= 4 is 22.8 Å². The van der Waals surface area contributed by atoms with Gasteiger partial charge in [-0.2, -0.15) is 0 Å². The Bertz CT molecular complexity index is 858. The minimum atomic E-state index is -1.01. The molecule has 0 spiro atoms. The van der Waals surface area contributed by atoms with Crippen LogP contribution in [0.2, 0.25) is 0 Å². The number of carboxylic acid groups (broad SMARTS) is 1. The third kappa shape index (κ3) is 2.44. The number of carboxylic acids is 1. The summed E-state index contributed by atoms with van der Waals surface area (Å²) in [6.45, 7) is 5.80. The van der Waals surface area contributed by atoms with Gasteiger partial charge < -0.3 is 14.4 Å². The Morgan fingerprint density at radius 1 is 1.40 bits per heavy atom. The van der Waals surface area contributed by atoms with Crippen LogP contribution < -0.4 is 0 Å². The monoisotopic (exact) mass is 340 g/mol. The Hall–Kier alpha value is -2.60. The van der Waals surface area contributed by atoms with Crippen molar-refractivity contribution in [3.05, 3.63) is 48.7 Å². The first-order valence-electron chi connectivity index (χ1n) is 8.35. The molecule has 0 unspecified atom stereocenters. The van der Waals surface area contributed by atoms with Gasteiger partial charge in [0, 0.05) is 38.1 Å². The zero-order chi connectivity index (χ0) is 17.6. The highest BCUT2D eigenvalue weighted by molar-refractivity contribution is 5.92. The molecule has 0 aliphatic carbocycles. The summed E-state index contributed by atoms with van der Waals surface area (Å²) in [5.74, 6) is -1.44. The van der Waals surface area contributed by atoms with Crippen LogP contribution in [0.3, 0.4) is 0 Å². The van der Waals surface area contributed by atoms with E-state index in [9.17, 15) is 14.7 Å². The number of carbonyl (C=O) groups excluding carboxylic acids is 1. The van der Waals surface area contributed by atoms with Gasteiger partial charge in [-0.05, 0) is 23.8 Å². The number of fused-ring (bicyclic) bond motifs is 2. The average Bonchev–Trinajstić information content (AvgIpc) is 3.24. The number of carbonyl (C=O) groups is 2. The molecule has 6 nitrogen and oxygen atoms in total. The summed E-state index contributed by atoms with van der Waals surface area (Å²) in [6, 6.07) is 7.86. The van der Waals surface area contributed by atoms with E-state index in [1.165, 1.54) is 0 Å². The lowest BCUT2D eigenvalue weighted by Crippen LogP contribution is -2.40. The SMILES string of the molecule is C=CCN1C[C@@]2(C(=O)O)CN(Cc3ccc4occc4c3)C[C@H]2C1=O. The molecule has 2 aromatic rings. The fourth-order valence-corrected chi connectivity index (χ4v) is 4.21. The number of hydrogen-bond acceptors (Lipinski definition) is 4. The van der Waals surface area contributed by atoms with Gasteiger partial charge in [-0.3, -0.25) is 14.5 Å². The molecule has 4 rings (SSSR count). The van der Waals surface area contributed by atoms with Crippen molar-refractivity contribution in [1.82, 2.24) is 9.80 Å². The smallest absolute Gasteiger partial charge is 0.313 e. The van der Waals surface area contributed by atoms with Gasteiger partial charge in [-0.15, -0.1) is 6.58 Å². The molecule has 2 aliphatic heterocycles. The van der Waals surface area contributed by atoms with E-state index in [4.69, 9.17) is 4.42 Å². The van der Waals surface area contributed by atoms with E-state index >= 15 is 0 Å². The number of aliphatic carboxylic acids is 1. The molecule has 130 valence electrons. The van der Waals surface area contributed by atoms with Crippen LogP contribution in [0.15, 0.2) is 47.6 Å². The molecule has 0 radical (unpaired) electrons. The molecular formula is C19H20N2O4. The maximum atomic E-state index is 12.6. The lowest BCUT2D eigenvalue weighted by atomic mass is 9.81. The summed E-state index contributed by atoms with van der Waals surface area (Å²) in [5, 5.41) is 10.9. The summed E-state index contributed by atoms with van der Waals surface area (Å²) in [6.07, 6.45) is 3.30. The third-order valence-electron chi connectivity index (χ3n) is 5.39. The van der Waals surface area contributed by atoms with Crippen molar-refractivity contribution in [2.24, 2.45) is 11.3 Å². The number of nitrogens with zero attached hydrogens (tertiary/aromatic N) is 2. The first kappa shape index (κ1) is 15.9. The zero-order valence-electron chi connectivity index (χ0n) is 13.9. The second kappa shape index (κ2) is 5.74. The molecule has 2 atom stereocenters. The molecule has 6 heteroatoms. The van der Waals surface area contributed by atoms with E-state index in [0.29, 0.717) is 26.2 Å². The van der Waals surface area contributed by atoms with Crippen LogP contribution in [-0.2, 0) is 16.1 Å². The van der Waals surface area contributed by atoms with E-state index in [1.54, 1.807) is 17.2 Å². The highest BCUT2D eigenvalue weighted by Crippen LogP contribution is 2.44. The van der Waals surface area contributed by atoms with Gasteiger partial charge in [-0.1, -0.05) is 12.1 Å². The molecule has 0 saturated carbocycles. The predicted molar refractivity (Wildman–Crippen MR) is 91.8 cm³/mol. The number of furan rings is 1. The highest BCUT2D eigenvalue weighted by Gasteiger charge is 2.61. The van der Waals surface area contributed by atoms with Crippen LogP contribution in [-0.4, -0.2) is 53.0 Å². The van der Waals surface area contributed by atoms with Crippen molar-refractivity contribution in [3.63, 3.8) is 0 Å². The molecule has 1 aromatic heterocycles. The number of benzene rings is 1. The lowest BCUT2D eigenvalue weighted by Gasteiger charge is -2.24. The van der Waals surface area contributed by atoms with Crippen LogP contribution in [0.4, 0.5) is 0 Å². The summed E-state index contributed by atoms with van der Waals surface area (Å²) >= 11 is 0. The largest absolute Gasteiger partial charge is 0.481 e. The quantitative estimate of drug-likeness (QED) is 0.843. The van der Waals surface area contributed by atoms with Crippen molar-refractivity contribution in [1.29, 1.82) is 0 Å². The van der Waals surface area contributed by atoms with Gasteiger partial charge in [0.15, 0.2) is 0 Å². The summed E-state index contributed by atoms with van der Waals surface area (Å²) in [5.41, 5.74) is 0.906. The molecule has 1 N–H and O–H groups in total. The van der Waals surface area contributed by atoms with Crippen LogP contribution in [0, 0.1) is 11.3 Å². The number of hydrogen-bond donors (Lipinski definition) is 1.